The number of carbonyl (C=O) groups excluding carboxylic acids is 1. The Hall–Kier alpha value is -1.54. The molecule has 8 heteroatoms. The number of amides is 1. The predicted molar refractivity (Wildman–Crippen MR) is 90.8 cm³/mol. The van der Waals surface area contributed by atoms with E-state index < -0.39 is 11.8 Å². The first-order valence-electron chi connectivity index (χ1n) is 9.51. The van der Waals surface area contributed by atoms with Crippen LogP contribution < -0.4 is 5.32 Å². The van der Waals surface area contributed by atoms with Crippen LogP contribution >= 0.6 is 0 Å². The summed E-state index contributed by atoms with van der Waals surface area (Å²) in [4.78, 5) is 14.5. The molecule has 1 unspecified atom stereocenters. The van der Waals surface area contributed by atoms with E-state index in [0.717, 1.165) is 45.6 Å². The first kappa shape index (κ1) is 17.9. The van der Waals surface area contributed by atoms with Crippen LogP contribution in [0.2, 0.25) is 0 Å². The first-order valence-corrected chi connectivity index (χ1v) is 9.51. The number of halogens is 2. The number of alkyl halides is 2. The standard InChI is InChI=1S/C18H26F2N4O2/c19-18(20)9-13(10-18)17(25)21-5-1-15-11-23(14-3-7-26-8-4-14)12-16-2-6-22-24(15)16/h2,6,13-15H,1,3-5,7-12H2,(H,21,25). The lowest BCUT2D eigenvalue weighted by Gasteiger charge is -2.40. The zero-order valence-electron chi connectivity index (χ0n) is 14.9. The Morgan fingerprint density at radius 1 is 1.35 bits per heavy atom. The maximum absolute atomic E-state index is 12.9. The van der Waals surface area contributed by atoms with Crippen LogP contribution in [0.5, 0.6) is 0 Å². The maximum Gasteiger partial charge on any atom is 0.249 e. The number of hydrogen-bond donors (Lipinski definition) is 1. The molecule has 26 heavy (non-hydrogen) atoms. The minimum absolute atomic E-state index is 0.194. The minimum Gasteiger partial charge on any atom is -0.381 e. The van der Waals surface area contributed by atoms with Gasteiger partial charge in [0, 0.05) is 63.8 Å². The zero-order chi connectivity index (χ0) is 18.1. The first-order chi connectivity index (χ1) is 12.5. The topological polar surface area (TPSA) is 59.4 Å². The molecule has 4 rings (SSSR count). The molecule has 3 heterocycles. The molecule has 1 aromatic rings. The van der Waals surface area contributed by atoms with Crippen LogP contribution in [0.25, 0.3) is 0 Å². The summed E-state index contributed by atoms with van der Waals surface area (Å²) in [5.74, 6) is -3.43. The van der Waals surface area contributed by atoms with E-state index in [2.05, 4.69) is 20.0 Å². The van der Waals surface area contributed by atoms with Gasteiger partial charge in [-0.25, -0.2) is 8.78 Å². The number of hydrogen-bond acceptors (Lipinski definition) is 4. The average Bonchev–Trinajstić information content (AvgIpc) is 3.09. The van der Waals surface area contributed by atoms with E-state index in [1.807, 2.05) is 12.3 Å². The van der Waals surface area contributed by atoms with Gasteiger partial charge >= 0.3 is 0 Å². The summed E-state index contributed by atoms with van der Waals surface area (Å²) in [6.07, 6.45) is 4.04. The van der Waals surface area contributed by atoms with Gasteiger partial charge in [-0.3, -0.25) is 14.4 Å². The Labute approximate surface area is 151 Å². The largest absolute Gasteiger partial charge is 0.381 e. The van der Waals surface area contributed by atoms with Crippen LogP contribution in [0.3, 0.4) is 0 Å². The fraction of sp³-hybridized carbons (Fsp3) is 0.778. The van der Waals surface area contributed by atoms with Gasteiger partial charge in [-0.15, -0.1) is 0 Å². The third-order valence-corrected chi connectivity index (χ3v) is 5.85. The summed E-state index contributed by atoms with van der Waals surface area (Å²) in [6.45, 7) is 3.91. The van der Waals surface area contributed by atoms with Crippen molar-refractivity contribution in [3.8, 4) is 0 Å². The highest BCUT2D eigenvalue weighted by atomic mass is 19.3. The molecular weight excluding hydrogens is 342 g/mol. The Bertz CT molecular complexity index is 637. The number of nitrogens with one attached hydrogen (secondary N) is 1. The molecule has 1 saturated heterocycles. The average molecular weight is 368 g/mol. The number of nitrogens with zero attached hydrogens (tertiary/aromatic N) is 3. The normalized spacial score (nSPS) is 26.9. The molecule has 1 atom stereocenters. The van der Waals surface area contributed by atoms with E-state index >= 15 is 0 Å². The van der Waals surface area contributed by atoms with Gasteiger partial charge in [0.1, 0.15) is 0 Å². The SMILES string of the molecule is O=C(NCCC1CN(C2CCOCC2)Cc2ccnn21)C1CC(F)(F)C1. The van der Waals surface area contributed by atoms with Crippen LogP contribution in [0.15, 0.2) is 12.3 Å². The second-order valence-electron chi connectivity index (χ2n) is 7.73. The molecule has 2 aliphatic heterocycles. The van der Waals surface area contributed by atoms with Gasteiger partial charge < -0.3 is 10.1 Å². The molecule has 2 fully saturated rings. The highest BCUT2D eigenvalue weighted by molar-refractivity contribution is 5.79. The highest BCUT2D eigenvalue weighted by Gasteiger charge is 2.48. The molecule has 1 aliphatic carbocycles. The fourth-order valence-electron chi connectivity index (χ4n) is 4.31. The zero-order valence-corrected chi connectivity index (χ0v) is 14.9. The van der Waals surface area contributed by atoms with Crippen LogP contribution in [-0.4, -0.2) is 58.9 Å². The fourth-order valence-corrected chi connectivity index (χ4v) is 4.31. The lowest BCUT2D eigenvalue weighted by Crippen LogP contribution is -2.47. The molecule has 1 saturated carbocycles. The molecule has 6 nitrogen and oxygen atoms in total. The highest BCUT2D eigenvalue weighted by Crippen LogP contribution is 2.42. The third kappa shape index (κ3) is 3.76. The molecule has 0 radical (unpaired) electrons. The summed E-state index contributed by atoms with van der Waals surface area (Å²) < 4.78 is 33.3. The van der Waals surface area contributed by atoms with Crippen molar-refractivity contribution in [1.29, 1.82) is 0 Å². The Balaban J connectivity index is 1.31. The van der Waals surface area contributed by atoms with Crippen LogP contribution in [0, 0.1) is 5.92 Å². The van der Waals surface area contributed by atoms with Crippen molar-refractivity contribution in [2.45, 2.75) is 56.7 Å². The smallest absolute Gasteiger partial charge is 0.249 e. The maximum atomic E-state index is 12.9. The number of fused-ring (bicyclic) bond motifs is 1. The quantitative estimate of drug-likeness (QED) is 0.863. The van der Waals surface area contributed by atoms with E-state index in [4.69, 9.17) is 4.74 Å². The summed E-state index contributed by atoms with van der Waals surface area (Å²) in [6, 6.07) is 2.77. The molecule has 1 amide bonds. The molecular formula is C18H26F2N4O2. The number of ether oxygens (including phenoxy) is 1. The van der Waals surface area contributed by atoms with E-state index in [9.17, 15) is 13.6 Å². The second-order valence-corrected chi connectivity index (χ2v) is 7.73. The Morgan fingerprint density at radius 2 is 2.12 bits per heavy atom. The van der Waals surface area contributed by atoms with Gasteiger partial charge in [0.05, 0.1) is 11.7 Å². The third-order valence-electron chi connectivity index (χ3n) is 5.85. The van der Waals surface area contributed by atoms with Crippen molar-refractivity contribution in [1.82, 2.24) is 20.0 Å². The van der Waals surface area contributed by atoms with Crippen LogP contribution in [0.1, 0.15) is 43.8 Å². The van der Waals surface area contributed by atoms with E-state index in [1.165, 1.54) is 5.69 Å². The van der Waals surface area contributed by atoms with Gasteiger partial charge in [-0.1, -0.05) is 0 Å². The van der Waals surface area contributed by atoms with E-state index in [0.29, 0.717) is 12.6 Å². The Morgan fingerprint density at radius 3 is 2.85 bits per heavy atom. The molecule has 0 aromatic carbocycles. The lowest BCUT2D eigenvalue weighted by molar-refractivity contribution is -0.150. The number of aromatic nitrogens is 2. The van der Waals surface area contributed by atoms with Crippen molar-refractivity contribution >= 4 is 5.91 Å². The van der Waals surface area contributed by atoms with Crippen molar-refractivity contribution in [2.75, 3.05) is 26.3 Å². The van der Waals surface area contributed by atoms with Crippen molar-refractivity contribution in [2.24, 2.45) is 5.92 Å². The van der Waals surface area contributed by atoms with Gasteiger partial charge in [0.2, 0.25) is 11.8 Å². The second kappa shape index (κ2) is 7.23. The minimum atomic E-state index is -2.65. The van der Waals surface area contributed by atoms with Gasteiger partial charge in [-0.05, 0) is 25.3 Å². The monoisotopic (exact) mass is 368 g/mol. The van der Waals surface area contributed by atoms with Gasteiger partial charge in [0.25, 0.3) is 0 Å². The van der Waals surface area contributed by atoms with Crippen molar-refractivity contribution in [3.63, 3.8) is 0 Å². The number of rotatable bonds is 5. The summed E-state index contributed by atoms with van der Waals surface area (Å²) >= 11 is 0. The van der Waals surface area contributed by atoms with Gasteiger partial charge in [0.15, 0.2) is 0 Å². The molecule has 1 N–H and O–H groups in total. The van der Waals surface area contributed by atoms with E-state index in [-0.39, 0.29) is 24.8 Å². The molecule has 0 spiro atoms. The molecule has 1 aromatic heterocycles. The molecule has 0 bridgehead atoms. The summed E-state index contributed by atoms with van der Waals surface area (Å²) in [5.41, 5.74) is 1.19. The number of carbonyl (C=O) groups is 1. The molecule has 144 valence electrons. The predicted octanol–water partition coefficient (Wildman–Crippen LogP) is 1.97. The van der Waals surface area contributed by atoms with Crippen LogP contribution in [-0.2, 0) is 16.1 Å². The molecule has 3 aliphatic rings. The summed E-state index contributed by atoms with van der Waals surface area (Å²) in [5, 5.41) is 7.29. The van der Waals surface area contributed by atoms with Crippen molar-refractivity contribution < 1.29 is 18.3 Å². The van der Waals surface area contributed by atoms with E-state index in [1.54, 1.807) is 0 Å². The van der Waals surface area contributed by atoms with Crippen molar-refractivity contribution in [3.05, 3.63) is 18.0 Å². The van der Waals surface area contributed by atoms with Crippen LogP contribution in [0.4, 0.5) is 8.78 Å². The van der Waals surface area contributed by atoms with Gasteiger partial charge in [-0.2, -0.15) is 5.10 Å². The Kier molecular flexibility index (Phi) is 4.96. The summed E-state index contributed by atoms with van der Waals surface area (Å²) in [7, 11) is 0. The lowest BCUT2D eigenvalue weighted by atomic mass is 9.81.